The molecular formula is C15H18N2O6S. The Hall–Kier alpha value is -2.13. The number of hydrogen-bond acceptors (Lipinski definition) is 6. The third kappa shape index (κ3) is 3.36. The van der Waals surface area contributed by atoms with Gasteiger partial charge in [0.2, 0.25) is 0 Å². The van der Waals surface area contributed by atoms with Crippen molar-refractivity contribution >= 4 is 29.3 Å². The molecule has 1 aromatic rings. The Morgan fingerprint density at radius 3 is 2.75 bits per heavy atom. The van der Waals surface area contributed by atoms with E-state index in [1.165, 1.54) is 35.9 Å². The minimum Gasteiger partial charge on any atom is -0.481 e. The molecule has 1 heterocycles. The number of nitrogens with zero attached hydrogens (tertiary/aromatic N) is 2. The van der Waals surface area contributed by atoms with Gasteiger partial charge < -0.3 is 14.7 Å². The number of likely N-dealkylation sites (tertiary alicyclic amines) is 1. The van der Waals surface area contributed by atoms with Gasteiger partial charge in [0.05, 0.1) is 11.5 Å². The minimum atomic E-state index is -1.17. The number of rotatable bonds is 6. The number of benzene rings is 1. The van der Waals surface area contributed by atoms with E-state index in [1.807, 2.05) is 0 Å². The summed E-state index contributed by atoms with van der Waals surface area (Å²) in [7, 11) is 1.40. The molecule has 1 aromatic carbocycles. The Balaban J connectivity index is 2.33. The largest absolute Gasteiger partial charge is 0.481 e. The van der Waals surface area contributed by atoms with Gasteiger partial charge in [-0.1, -0.05) is 0 Å². The predicted molar refractivity (Wildman–Crippen MR) is 87.3 cm³/mol. The molecule has 0 radical (unpaired) electrons. The van der Waals surface area contributed by atoms with Crippen LogP contribution in [0, 0.1) is 15.5 Å². The quantitative estimate of drug-likeness (QED) is 0.472. The fraction of sp³-hybridized carbons (Fsp3) is 0.467. The van der Waals surface area contributed by atoms with Crippen molar-refractivity contribution < 1.29 is 24.4 Å². The van der Waals surface area contributed by atoms with Crippen LogP contribution >= 0.6 is 11.8 Å². The van der Waals surface area contributed by atoms with Crippen molar-refractivity contribution in [2.75, 3.05) is 33.1 Å². The van der Waals surface area contributed by atoms with E-state index in [0.717, 1.165) is 4.90 Å². The molecule has 0 aliphatic carbocycles. The van der Waals surface area contributed by atoms with E-state index in [0.29, 0.717) is 0 Å². The molecule has 1 unspecified atom stereocenters. The molecule has 0 aromatic heterocycles. The van der Waals surface area contributed by atoms with E-state index in [-0.39, 0.29) is 37.4 Å². The van der Waals surface area contributed by atoms with Crippen molar-refractivity contribution in [3.05, 3.63) is 33.9 Å². The molecule has 1 atom stereocenters. The topological polar surface area (TPSA) is 110 Å². The maximum atomic E-state index is 12.7. The molecule has 1 fully saturated rings. The van der Waals surface area contributed by atoms with Crippen molar-refractivity contribution in [1.82, 2.24) is 4.90 Å². The molecule has 1 aliphatic heterocycles. The average molecular weight is 354 g/mol. The normalized spacial score (nSPS) is 20.2. The highest BCUT2D eigenvalue weighted by Crippen LogP contribution is 2.34. The summed E-state index contributed by atoms with van der Waals surface area (Å²) in [6, 6.07) is 4.35. The van der Waals surface area contributed by atoms with Crippen molar-refractivity contribution in [2.24, 2.45) is 5.41 Å². The number of amides is 1. The molecule has 0 saturated carbocycles. The molecule has 9 heteroatoms. The smallest absolute Gasteiger partial charge is 0.313 e. The lowest BCUT2D eigenvalue weighted by Gasteiger charge is -2.23. The number of carbonyl (C=O) groups excluding carboxylic acids is 1. The third-order valence-electron chi connectivity index (χ3n) is 4.15. The van der Waals surface area contributed by atoms with E-state index in [1.54, 1.807) is 12.3 Å². The number of carboxylic acids is 1. The van der Waals surface area contributed by atoms with Crippen LogP contribution in [0.15, 0.2) is 23.1 Å². The van der Waals surface area contributed by atoms with E-state index in [9.17, 15) is 24.8 Å². The van der Waals surface area contributed by atoms with Crippen molar-refractivity contribution in [1.29, 1.82) is 0 Å². The second-order valence-corrected chi connectivity index (χ2v) is 6.52. The van der Waals surface area contributed by atoms with Gasteiger partial charge in [-0.15, -0.1) is 11.8 Å². The molecule has 2 rings (SSSR count). The van der Waals surface area contributed by atoms with Gasteiger partial charge in [0, 0.05) is 31.2 Å². The Morgan fingerprint density at radius 1 is 1.50 bits per heavy atom. The summed E-state index contributed by atoms with van der Waals surface area (Å²) in [5.41, 5.74) is -1.47. The van der Waals surface area contributed by atoms with Crippen LogP contribution in [0.5, 0.6) is 0 Å². The van der Waals surface area contributed by atoms with Crippen molar-refractivity contribution in [3.63, 3.8) is 0 Å². The molecule has 1 amide bonds. The second kappa shape index (κ2) is 7.18. The maximum Gasteiger partial charge on any atom is 0.313 e. The average Bonchev–Trinajstić information content (AvgIpc) is 2.99. The molecule has 1 N–H and O–H groups in total. The fourth-order valence-corrected chi connectivity index (χ4v) is 3.26. The number of aliphatic carboxylic acids is 1. The van der Waals surface area contributed by atoms with E-state index < -0.39 is 22.2 Å². The Morgan fingerprint density at radius 2 is 2.21 bits per heavy atom. The molecule has 8 nitrogen and oxygen atoms in total. The summed E-state index contributed by atoms with van der Waals surface area (Å²) >= 11 is 1.37. The van der Waals surface area contributed by atoms with Crippen LogP contribution < -0.4 is 0 Å². The first kappa shape index (κ1) is 18.2. The zero-order valence-corrected chi connectivity index (χ0v) is 14.2. The van der Waals surface area contributed by atoms with Gasteiger partial charge in [0.15, 0.2) is 0 Å². The van der Waals surface area contributed by atoms with Gasteiger partial charge in [0.25, 0.3) is 11.6 Å². The standard InChI is InChI=1S/C15H18N2O6S/c1-23-9-15(14(19)20)5-6-16(8-15)13(18)11-7-10(24-2)3-4-12(11)17(21)22/h3-4,7H,5-6,8-9H2,1-2H3,(H,19,20). The van der Waals surface area contributed by atoms with Gasteiger partial charge in [0.1, 0.15) is 11.0 Å². The van der Waals surface area contributed by atoms with Gasteiger partial charge in [-0.3, -0.25) is 19.7 Å². The summed E-state index contributed by atoms with van der Waals surface area (Å²) < 4.78 is 4.99. The zero-order chi connectivity index (χ0) is 17.9. The van der Waals surface area contributed by atoms with Gasteiger partial charge >= 0.3 is 5.97 Å². The first-order valence-corrected chi connectivity index (χ1v) is 8.41. The number of thioether (sulfide) groups is 1. The van der Waals surface area contributed by atoms with Crippen LogP contribution in [-0.4, -0.2) is 59.9 Å². The summed E-state index contributed by atoms with van der Waals surface area (Å²) in [4.78, 5) is 37.0. The Bertz CT molecular complexity index is 680. The molecule has 1 aliphatic rings. The second-order valence-electron chi connectivity index (χ2n) is 5.64. The lowest BCUT2D eigenvalue weighted by Crippen LogP contribution is -2.40. The van der Waals surface area contributed by atoms with Crippen LogP contribution in [0.2, 0.25) is 0 Å². The number of nitro groups is 1. The fourth-order valence-electron chi connectivity index (χ4n) is 2.82. The monoisotopic (exact) mass is 354 g/mol. The lowest BCUT2D eigenvalue weighted by molar-refractivity contribution is -0.385. The molecule has 130 valence electrons. The number of ether oxygens (including phenoxy) is 1. The third-order valence-corrected chi connectivity index (χ3v) is 4.87. The van der Waals surface area contributed by atoms with Gasteiger partial charge in [-0.2, -0.15) is 0 Å². The number of nitro benzene ring substituents is 1. The lowest BCUT2D eigenvalue weighted by atomic mass is 9.88. The Labute approximate surface area is 142 Å². The predicted octanol–water partition coefficient (Wildman–Crippen LogP) is 1.88. The van der Waals surface area contributed by atoms with Crippen molar-refractivity contribution in [2.45, 2.75) is 11.3 Å². The first-order valence-electron chi connectivity index (χ1n) is 7.18. The molecule has 0 spiro atoms. The number of hydrogen-bond donors (Lipinski definition) is 1. The van der Waals surface area contributed by atoms with E-state index >= 15 is 0 Å². The number of methoxy groups -OCH3 is 1. The summed E-state index contributed by atoms with van der Waals surface area (Å²) in [5.74, 6) is -1.57. The Kier molecular flexibility index (Phi) is 5.45. The SMILES string of the molecule is COCC1(C(=O)O)CCN(C(=O)c2cc(SC)ccc2[N+](=O)[O-])C1. The van der Waals surface area contributed by atoms with Crippen LogP contribution in [0.4, 0.5) is 5.69 Å². The summed E-state index contributed by atoms with van der Waals surface area (Å²) in [6.07, 6.45) is 2.05. The van der Waals surface area contributed by atoms with Crippen LogP contribution in [0.3, 0.4) is 0 Å². The summed E-state index contributed by atoms with van der Waals surface area (Å²) in [5, 5.41) is 20.7. The van der Waals surface area contributed by atoms with Gasteiger partial charge in [-0.25, -0.2) is 0 Å². The first-order chi connectivity index (χ1) is 11.3. The summed E-state index contributed by atoms with van der Waals surface area (Å²) in [6.45, 7) is 0.170. The van der Waals surface area contributed by atoms with Crippen LogP contribution in [0.25, 0.3) is 0 Å². The highest BCUT2D eigenvalue weighted by molar-refractivity contribution is 7.98. The molecule has 24 heavy (non-hydrogen) atoms. The van der Waals surface area contributed by atoms with Crippen LogP contribution in [-0.2, 0) is 9.53 Å². The highest BCUT2D eigenvalue weighted by Gasteiger charge is 2.47. The van der Waals surface area contributed by atoms with Crippen LogP contribution in [0.1, 0.15) is 16.8 Å². The van der Waals surface area contributed by atoms with E-state index in [4.69, 9.17) is 4.74 Å². The highest BCUT2D eigenvalue weighted by atomic mass is 32.2. The zero-order valence-electron chi connectivity index (χ0n) is 13.4. The molecule has 0 bridgehead atoms. The van der Waals surface area contributed by atoms with Gasteiger partial charge in [-0.05, 0) is 24.8 Å². The maximum absolute atomic E-state index is 12.7. The van der Waals surface area contributed by atoms with E-state index in [2.05, 4.69) is 0 Å². The number of carbonyl (C=O) groups is 2. The number of carboxylic acid groups (broad SMARTS) is 1. The molecular weight excluding hydrogens is 336 g/mol. The van der Waals surface area contributed by atoms with Crippen molar-refractivity contribution in [3.8, 4) is 0 Å². The minimum absolute atomic E-state index is 0.0148. The molecule has 1 saturated heterocycles.